The Morgan fingerprint density at radius 2 is 2.31 bits per heavy atom. The zero-order valence-corrected chi connectivity index (χ0v) is 8.04. The van der Waals surface area contributed by atoms with Gasteiger partial charge in [0.25, 0.3) is 0 Å². The molecule has 0 spiro atoms. The lowest BCUT2D eigenvalue weighted by molar-refractivity contribution is -0.128. The Hall–Kier alpha value is -0.900. The Labute approximate surface area is 78.1 Å². The van der Waals surface area contributed by atoms with Crippen molar-refractivity contribution in [1.82, 2.24) is 10.6 Å². The van der Waals surface area contributed by atoms with Crippen LogP contribution in [0.25, 0.3) is 0 Å². The van der Waals surface area contributed by atoms with Gasteiger partial charge in [-0.2, -0.15) is 0 Å². The molecule has 74 valence electrons. The fraction of sp³-hybridized carbons (Fsp3) is 0.778. The van der Waals surface area contributed by atoms with E-state index in [1.807, 2.05) is 0 Å². The molecular formula is C9H16N2O2. The number of hydrogen-bond acceptors (Lipinski definition) is 3. The van der Waals surface area contributed by atoms with Crippen LogP contribution in [-0.4, -0.2) is 30.8 Å². The molecule has 1 saturated heterocycles. The minimum atomic E-state index is -0.351. The van der Waals surface area contributed by atoms with Crippen molar-refractivity contribution < 1.29 is 9.59 Å². The molecule has 2 N–H and O–H groups in total. The van der Waals surface area contributed by atoms with E-state index in [0.717, 1.165) is 12.7 Å². The average Bonchev–Trinajstić information content (AvgIpc) is 2.08. The van der Waals surface area contributed by atoms with Gasteiger partial charge >= 0.3 is 0 Å². The molecule has 13 heavy (non-hydrogen) atoms. The molecule has 0 aromatic rings. The number of carbonyl (C=O) groups is 2. The van der Waals surface area contributed by atoms with Gasteiger partial charge in [-0.3, -0.25) is 4.79 Å². The normalized spacial score (nSPS) is 28.7. The molecule has 1 fully saturated rings. The van der Waals surface area contributed by atoms with E-state index in [4.69, 9.17) is 0 Å². The first-order valence-corrected chi connectivity index (χ1v) is 4.62. The van der Waals surface area contributed by atoms with Gasteiger partial charge < -0.3 is 15.4 Å². The quantitative estimate of drug-likeness (QED) is 0.591. The van der Waals surface area contributed by atoms with Crippen LogP contribution in [0.5, 0.6) is 0 Å². The molecule has 1 aliphatic rings. The predicted octanol–water partition coefficient (Wildman–Crippen LogP) is -0.312. The third kappa shape index (κ3) is 2.81. The van der Waals surface area contributed by atoms with Crippen molar-refractivity contribution in [3.8, 4) is 0 Å². The smallest absolute Gasteiger partial charge is 0.237 e. The zero-order valence-electron chi connectivity index (χ0n) is 8.04. The minimum absolute atomic E-state index is 0.0583. The van der Waals surface area contributed by atoms with Gasteiger partial charge in [-0.25, -0.2) is 0 Å². The summed E-state index contributed by atoms with van der Waals surface area (Å²) in [6, 6.07) is -0.480. The van der Waals surface area contributed by atoms with Crippen LogP contribution < -0.4 is 10.6 Å². The summed E-state index contributed by atoms with van der Waals surface area (Å²) in [4.78, 5) is 21.7. The number of aldehydes is 1. The van der Waals surface area contributed by atoms with Gasteiger partial charge in [-0.05, 0) is 12.3 Å². The molecule has 1 amide bonds. The summed E-state index contributed by atoms with van der Waals surface area (Å²) in [5.74, 6) is 0.424. The third-order valence-corrected chi connectivity index (χ3v) is 2.10. The molecule has 0 saturated carbocycles. The molecular weight excluding hydrogens is 168 g/mol. The van der Waals surface area contributed by atoms with E-state index in [-0.39, 0.29) is 18.0 Å². The van der Waals surface area contributed by atoms with E-state index in [1.165, 1.54) is 0 Å². The van der Waals surface area contributed by atoms with E-state index in [9.17, 15) is 9.59 Å². The Balaban J connectivity index is 2.44. The summed E-state index contributed by atoms with van der Waals surface area (Å²) in [6.07, 6.45) is 1.58. The number of hydrogen-bond donors (Lipinski definition) is 2. The van der Waals surface area contributed by atoms with Crippen LogP contribution >= 0.6 is 0 Å². The van der Waals surface area contributed by atoms with Crippen molar-refractivity contribution in [2.45, 2.75) is 32.4 Å². The van der Waals surface area contributed by atoms with Gasteiger partial charge in [0.15, 0.2) is 0 Å². The minimum Gasteiger partial charge on any atom is -0.344 e. The van der Waals surface area contributed by atoms with Crippen LogP contribution in [0.4, 0.5) is 0 Å². The molecule has 1 heterocycles. The fourth-order valence-corrected chi connectivity index (χ4v) is 1.44. The van der Waals surface area contributed by atoms with E-state index in [1.54, 1.807) is 0 Å². The van der Waals surface area contributed by atoms with Gasteiger partial charge in [0.2, 0.25) is 5.91 Å². The van der Waals surface area contributed by atoms with E-state index >= 15 is 0 Å². The molecule has 1 unspecified atom stereocenters. The second kappa shape index (κ2) is 4.37. The van der Waals surface area contributed by atoms with E-state index < -0.39 is 0 Å². The lowest BCUT2D eigenvalue weighted by Crippen LogP contribution is -2.59. The zero-order chi connectivity index (χ0) is 9.84. The third-order valence-electron chi connectivity index (χ3n) is 2.10. The maximum atomic E-state index is 11.4. The fourth-order valence-electron chi connectivity index (χ4n) is 1.44. The maximum Gasteiger partial charge on any atom is 0.237 e. The van der Waals surface area contributed by atoms with Gasteiger partial charge in [-0.1, -0.05) is 13.8 Å². The summed E-state index contributed by atoms with van der Waals surface area (Å²) >= 11 is 0. The highest BCUT2D eigenvalue weighted by Gasteiger charge is 2.27. The number of rotatable bonds is 3. The van der Waals surface area contributed by atoms with Crippen molar-refractivity contribution >= 4 is 12.2 Å². The number of carbonyl (C=O) groups excluding carboxylic acids is 2. The first-order chi connectivity index (χ1) is 6.13. The highest BCUT2D eigenvalue weighted by atomic mass is 16.2. The summed E-state index contributed by atoms with van der Waals surface area (Å²) in [7, 11) is 0. The largest absolute Gasteiger partial charge is 0.344 e. The van der Waals surface area contributed by atoms with Crippen LogP contribution in [0.15, 0.2) is 0 Å². The molecule has 0 aliphatic carbocycles. The average molecular weight is 184 g/mol. The second-order valence-electron chi connectivity index (χ2n) is 3.84. The van der Waals surface area contributed by atoms with Crippen LogP contribution in [0.3, 0.4) is 0 Å². The molecule has 1 aliphatic heterocycles. The Morgan fingerprint density at radius 1 is 1.62 bits per heavy atom. The molecule has 4 heteroatoms. The number of amides is 1. The van der Waals surface area contributed by atoms with E-state index in [0.29, 0.717) is 12.5 Å². The SMILES string of the molecule is CC(C)C[C@H]1NCC(C=O)NC1=O. The lowest BCUT2D eigenvalue weighted by Gasteiger charge is -2.28. The predicted molar refractivity (Wildman–Crippen MR) is 49.2 cm³/mol. The summed E-state index contributed by atoms with van der Waals surface area (Å²) < 4.78 is 0. The van der Waals surface area contributed by atoms with Crippen molar-refractivity contribution in [1.29, 1.82) is 0 Å². The standard InChI is InChI=1S/C9H16N2O2/c1-6(2)3-8-9(13)11-7(5-12)4-10-8/h5-8,10H,3-4H2,1-2H3,(H,11,13)/t7?,8-/m1/s1. The Morgan fingerprint density at radius 3 is 2.77 bits per heavy atom. The molecule has 0 aromatic heterocycles. The molecule has 0 bridgehead atoms. The molecule has 2 atom stereocenters. The molecule has 0 radical (unpaired) electrons. The summed E-state index contributed by atoms with van der Waals surface area (Å²) in [6.45, 7) is 4.69. The van der Waals surface area contributed by atoms with Crippen molar-refractivity contribution in [2.75, 3.05) is 6.54 Å². The van der Waals surface area contributed by atoms with E-state index in [2.05, 4.69) is 24.5 Å². The summed E-state index contributed by atoms with van der Waals surface area (Å²) in [5.41, 5.74) is 0. The first kappa shape index (κ1) is 10.2. The van der Waals surface area contributed by atoms with Gasteiger partial charge in [0.1, 0.15) is 6.29 Å². The summed E-state index contributed by atoms with van der Waals surface area (Å²) in [5, 5.41) is 5.71. The first-order valence-electron chi connectivity index (χ1n) is 4.62. The maximum absolute atomic E-state index is 11.4. The van der Waals surface area contributed by atoms with Crippen molar-refractivity contribution in [3.63, 3.8) is 0 Å². The van der Waals surface area contributed by atoms with Crippen LogP contribution in [0.2, 0.25) is 0 Å². The van der Waals surface area contributed by atoms with Gasteiger partial charge in [-0.15, -0.1) is 0 Å². The monoisotopic (exact) mass is 184 g/mol. The number of nitrogens with one attached hydrogen (secondary N) is 2. The topological polar surface area (TPSA) is 58.2 Å². The van der Waals surface area contributed by atoms with Crippen molar-refractivity contribution in [3.05, 3.63) is 0 Å². The highest BCUT2D eigenvalue weighted by molar-refractivity contribution is 5.85. The van der Waals surface area contributed by atoms with Gasteiger partial charge in [0, 0.05) is 6.54 Å². The van der Waals surface area contributed by atoms with Crippen LogP contribution in [0, 0.1) is 5.92 Å². The highest BCUT2D eigenvalue weighted by Crippen LogP contribution is 2.07. The lowest BCUT2D eigenvalue weighted by atomic mass is 10.0. The van der Waals surface area contributed by atoms with Crippen LogP contribution in [-0.2, 0) is 9.59 Å². The number of piperazine rings is 1. The Kier molecular flexibility index (Phi) is 3.42. The van der Waals surface area contributed by atoms with Gasteiger partial charge in [0.05, 0.1) is 12.1 Å². The molecule has 1 rings (SSSR count). The molecule has 0 aromatic carbocycles. The van der Waals surface area contributed by atoms with Crippen LogP contribution in [0.1, 0.15) is 20.3 Å². The Bertz CT molecular complexity index is 204. The second-order valence-corrected chi connectivity index (χ2v) is 3.84. The van der Waals surface area contributed by atoms with Crippen molar-refractivity contribution in [2.24, 2.45) is 5.92 Å². The molecule has 4 nitrogen and oxygen atoms in total.